The number of aromatic nitrogens is 2. The van der Waals surface area contributed by atoms with Gasteiger partial charge in [-0.15, -0.1) is 0 Å². The summed E-state index contributed by atoms with van der Waals surface area (Å²) in [6.45, 7) is 1.30. The van der Waals surface area contributed by atoms with Gasteiger partial charge in [0.15, 0.2) is 16.6 Å². The SMILES string of the molecule is CN1CCC1C(=O)NCCSc1nonc1C(=N)Nc1ccc(F)c(C(F)F)c1. The van der Waals surface area contributed by atoms with Gasteiger partial charge < -0.3 is 10.6 Å². The van der Waals surface area contributed by atoms with Crippen molar-refractivity contribution >= 4 is 29.2 Å². The van der Waals surface area contributed by atoms with Crippen LogP contribution in [0, 0.1) is 11.2 Å². The fourth-order valence-corrected chi connectivity index (χ4v) is 3.47. The molecule has 1 unspecified atom stereocenters. The van der Waals surface area contributed by atoms with Crippen molar-refractivity contribution in [2.75, 3.05) is 31.2 Å². The third-order valence-electron chi connectivity index (χ3n) is 4.43. The minimum atomic E-state index is -2.97. The van der Waals surface area contributed by atoms with Crippen molar-refractivity contribution in [2.45, 2.75) is 23.9 Å². The second kappa shape index (κ2) is 9.27. The van der Waals surface area contributed by atoms with E-state index in [1.165, 1.54) is 17.8 Å². The number of benzene rings is 1. The van der Waals surface area contributed by atoms with E-state index >= 15 is 0 Å². The van der Waals surface area contributed by atoms with Crippen LogP contribution < -0.4 is 10.6 Å². The van der Waals surface area contributed by atoms with Crippen LogP contribution in [-0.2, 0) is 4.79 Å². The summed E-state index contributed by atoms with van der Waals surface area (Å²) in [6, 6.07) is 2.98. The van der Waals surface area contributed by atoms with Gasteiger partial charge in [0.1, 0.15) is 5.82 Å². The molecular formula is C17H19F3N6O2S. The molecule has 8 nitrogen and oxygen atoms in total. The van der Waals surface area contributed by atoms with Gasteiger partial charge in [0.25, 0.3) is 6.43 Å². The van der Waals surface area contributed by atoms with Gasteiger partial charge in [0.05, 0.1) is 11.6 Å². The number of hydrogen-bond donors (Lipinski definition) is 3. The van der Waals surface area contributed by atoms with E-state index in [1.54, 1.807) is 0 Å². The van der Waals surface area contributed by atoms with Crippen molar-refractivity contribution in [1.82, 2.24) is 20.5 Å². The molecule has 12 heteroatoms. The smallest absolute Gasteiger partial charge is 0.266 e. The number of alkyl halides is 2. The molecular weight excluding hydrogens is 409 g/mol. The Labute approximate surface area is 168 Å². The summed E-state index contributed by atoms with van der Waals surface area (Å²) >= 11 is 1.23. The summed E-state index contributed by atoms with van der Waals surface area (Å²) in [4.78, 5) is 13.9. The van der Waals surface area contributed by atoms with Gasteiger partial charge in [-0.2, -0.15) is 0 Å². The summed E-state index contributed by atoms with van der Waals surface area (Å²) in [5.74, 6) is -0.811. The molecule has 29 heavy (non-hydrogen) atoms. The molecule has 1 aliphatic heterocycles. The Morgan fingerprint density at radius 1 is 1.45 bits per heavy atom. The van der Waals surface area contributed by atoms with Crippen molar-refractivity contribution < 1.29 is 22.6 Å². The number of thioether (sulfide) groups is 1. The Bertz CT molecular complexity index is 894. The third kappa shape index (κ3) is 5.07. The van der Waals surface area contributed by atoms with Crippen LogP contribution in [0.25, 0.3) is 0 Å². The monoisotopic (exact) mass is 428 g/mol. The van der Waals surface area contributed by atoms with Gasteiger partial charge in [0, 0.05) is 24.5 Å². The Balaban J connectivity index is 1.53. The summed E-state index contributed by atoms with van der Waals surface area (Å²) in [5.41, 5.74) is -0.561. The average molecular weight is 428 g/mol. The largest absolute Gasteiger partial charge is 0.354 e. The van der Waals surface area contributed by atoms with Gasteiger partial charge in [-0.1, -0.05) is 11.8 Å². The minimum Gasteiger partial charge on any atom is -0.354 e. The highest BCUT2D eigenvalue weighted by Gasteiger charge is 2.30. The van der Waals surface area contributed by atoms with E-state index in [9.17, 15) is 18.0 Å². The summed E-state index contributed by atoms with van der Waals surface area (Å²) in [7, 11) is 1.89. The number of rotatable bonds is 8. The van der Waals surface area contributed by atoms with Crippen LogP contribution in [0.2, 0.25) is 0 Å². The molecule has 156 valence electrons. The molecule has 2 heterocycles. The number of likely N-dealkylation sites (N-methyl/N-ethyl adjacent to an activating group) is 1. The van der Waals surface area contributed by atoms with Gasteiger partial charge in [-0.05, 0) is 42.0 Å². The number of nitrogens with one attached hydrogen (secondary N) is 3. The molecule has 1 aliphatic rings. The zero-order valence-corrected chi connectivity index (χ0v) is 16.2. The van der Waals surface area contributed by atoms with Crippen LogP contribution in [0.5, 0.6) is 0 Å². The van der Waals surface area contributed by atoms with Crippen molar-refractivity contribution in [3.05, 3.63) is 35.3 Å². The van der Waals surface area contributed by atoms with Gasteiger partial charge >= 0.3 is 0 Å². The number of anilines is 1. The van der Waals surface area contributed by atoms with Crippen LogP contribution >= 0.6 is 11.8 Å². The number of hydrogen-bond acceptors (Lipinski definition) is 7. The first-order valence-electron chi connectivity index (χ1n) is 8.73. The zero-order valence-electron chi connectivity index (χ0n) is 15.4. The highest BCUT2D eigenvalue weighted by atomic mass is 32.2. The quantitative estimate of drug-likeness (QED) is 0.257. The number of carbonyl (C=O) groups excluding carboxylic acids is 1. The van der Waals surface area contributed by atoms with E-state index in [-0.39, 0.29) is 29.2 Å². The zero-order chi connectivity index (χ0) is 21.0. The molecule has 0 saturated carbocycles. The fraction of sp³-hybridized carbons (Fsp3) is 0.412. The summed E-state index contributed by atoms with van der Waals surface area (Å²) in [6.07, 6.45) is -2.13. The number of halogens is 3. The summed E-state index contributed by atoms with van der Waals surface area (Å²) in [5, 5.41) is 21.2. The van der Waals surface area contributed by atoms with E-state index in [2.05, 4.69) is 25.6 Å². The van der Waals surface area contributed by atoms with Crippen molar-refractivity contribution in [3.8, 4) is 0 Å². The number of nitrogens with zero attached hydrogens (tertiary/aromatic N) is 3. The van der Waals surface area contributed by atoms with Crippen molar-refractivity contribution in [3.63, 3.8) is 0 Å². The molecule has 0 radical (unpaired) electrons. The lowest BCUT2D eigenvalue weighted by molar-refractivity contribution is -0.129. The van der Waals surface area contributed by atoms with E-state index < -0.39 is 17.8 Å². The normalized spacial score (nSPS) is 16.5. The predicted octanol–water partition coefficient (Wildman–Crippen LogP) is 2.50. The van der Waals surface area contributed by atoms with E-state index in [0.29, 0.717) is 17.3 Å². The van der Waals surface area contributed by atoms with Gasteiger partial charge in [0.2, 0.25) is 5.91 Å². The lowest BCUT2D eigenvalue weighted by Gasteiger charge is -2.36. The molecule has 1 saturated heterocycles. The molecule has 2 aromatic rings. The van der Waals surface area contributed by atoms with Crippen LogP contribution in [0.4, 0.5) is 18.9 Å². The Hall–Kier alpha value is -2.60. The topological polar surface area (TPSA) is 107 Å². The molecule has 0 spiro atoms. The second-order valence-electron chi connectivity index (χ2n) is 6.38. The van der Waals surface area contributed by atoms with Gasteiger partial charge in [-0.3, -0.25) is 15.1 Å². The molecule has 1 amide bonds. The lowest BCUT2D eigenvalue weighted by atomic mass is 10.0. The third-order valence-corrected chi connectivity index (χ3v) is 5.38. The lowest BCUT2D eigenvalue weighted by Crippen LogP contribution is -2.54. The first-order valence-corrected chi connectivity index (χ1v) is 9.72. The molecule has 3 rings (SSSR count). The molecule has 3 N–H and O–H groups in total. The van der Waals surface area contributed by atoms with E-state index in [1.807, 2.05) is 11.9 Å². The van der Waals surface area contributed by atoms with E-state index in [4.69, 9.17) is 5.41 Å². The number of amidine groups is 1. The average Bonchev–Trinajstić information content (AvgIpc) is 3.14. The van der Waals surface area contributed by atoms with E-state index in [0.717, 1.165) is 25.1 Å². The summed E-state index contributed by atoms with van der Waals surface area (Å²) < 4.78 is 43.7. The second-order valence-corrected chi connectivity index (χ2v) is 7.46. The Morgan fingerprint density at radius 2 is 2.24 bits per heavy atom. The molecule has 1 fully saturated rings. The number of likely N-dealkylation sites (tertiary alicyclic amines) is 1. The van der Waals surface area contributed by atoms with Crippen LogP contribution in [0.3, 0.4) is 0 Å². The highest BCUT2D eigenvalue weighted by molar-refractivity contribution is 7.99. The molecule has 1 aromatic carbocycles. The first-order chi connectivity index (χ1) is 13.9. The predicted molar refractivity (Wildman–Crippen MR) is 101 cm³/mol. The maximum atomic E-state index is 13.4. The first kappa shape index (κ1) is 21.1. The van der Waals surface area contributed by atoms with Gasteiger partial charge in [-0.25, -0.2) is 17.8 Å². The Morgan fingerprint density at radius 3 is 2.90 bits per heavy atom. The van der Waals surface area contributed by atoms with Crippen LogP contribution in [0.1, 0.15) is 24.1 Å². The molecule has 0 bridgehead atoms. The van der Waals surface area contributed by atoms with Crippen molar-refractivity contribution in [1.29, 1.82) is 5.41 Å². The maximum Gasteiger partial charge on any atom is 0.266 e. The maximum absolute atomic E-state index is 13.4. The number of amides is 1. The molecule has 1 aromatic heterocycles. The molecule has 1 atom stereocenters. The molecule has 0 aliphatic carbocycles. The standard InChI is InChI=1S/C17H19F3N6O2S/c1-26-6-4-12(26)16(27)22-5-7-29-17-13(24-28-25-17)15(21)23-9-2-3-11(18)10(8-9)14(19)20/h2-3,8,12,14H,4-7H2,1H3,(H2,21,23)(H,22,27). The highest BCUT2D eigenvalue weighted by Crippen LogP contribution is 2.26. The Kier molecular flexibility index (Phi) is 6.75. The fourth-order valence-electron chi connectivity index (χ4n) is 2.71. The van der Waals surface area contributed by atoms with Crippen LogP contribution in [-0.4, -0.2) is 58.9 Å². The van der Waals surface area contributed by atoms with Crippen LogP contribution in [0.15, 0.2) is 27.9 Å². The van der Waals surface area contributed by atoms with Crippen molar-refractivity contribution in [2.24, 2.45) is 0 Å². The minimum absolute atomic E-state index is 0.0293. The number of carbonyl (C=O) groups is 1.